The zero-order valence-corrected chi connectivity index (χ0v) is 9.35. The maximum atomic E-state index is 5.38. The second-order valence-electron chi connectivity index (χ2n) is 2.90. The summed E-state index contributed by atoms with van der Waals surface area (Å²) >= 11 is 3.45. The van der Waals surface area contributed by atoms with Crippen LogP contribution in [0.25, 0.3) is 0 Å². The van der Waals surface area contributed by atoms with Gasteiger partial charge in [0.2, 0.25) is 0 Å². The second kappa shape index (κ2) is 4.45. The molecule has 0 spiro atoms. The van der Waals surface area contributed by atoms with Crippen molar-refractivity contribution in [2.24, 2.45) is 0 Å². The quantitative estimate of drug-likeness (QED) is 0.781. The smallest absolute Gasteiger partial charge is 0.0940 e. The van der Waals surface area contributed by atoms with E-state index in [9.17, 15) is 0 Å². The van der Waals surface area contributed by atoms with Crippen LogP contribution in [0.2, 0.25) is 0 Å². The average Bonchev–Trinajstić information content (AvgIpc) is 2.13. The highest BCUT2D eigenvalue weighted by atomic mass is 79.9. The summed E-state index contributed by atoms with van der Waals surface area (Å²) < 4.78 is 1.11. The highest BCUT2D eigenvalue weighted by molar-refractivity contribution is 9.10. The fourth-order valence-electron chi connectivity index (χ4n) is 1.19. The molecule has 0 fully saturated rings. The predicted molar refractivity (Wildman–Crippen MR) is 59.5 cm³/mol. The molecule has 1 nitrogen and oxygen atoms in total. The minimum atomic E-state index is 0.00630. The van der Waals surface area contributed by atoms with Crippen LogP contribution in [-0.2, 0) is 0 Å². The molecular weight excluding hydrogens is 226 g/mol. The van der Waals surface area contributed by atoms with Gasteiger partial charge in [0, 0.05) is 4.47 Å². The number of rotatable bonds is 2. The number of hydrogen-bond acceptors (Lipinski definition) is 1. The van der Waals surface area contributed by atoms with Crippen LogP contribution in [0.4, 0.5) is 0 Å². The molecule has 68 valence electrons. The SMILES string of the molecule is C#CC(NC)c1ccc(Br)c(C)c1. The van der Waals surface area contributed by atoms with Crippen molar-refractivity contribution in [3.05, 3.63) is 33.8 Å². The highest BCUT2D eigenvalue weighted by Gasteiger charge is 2.05. The van der Waals surface area contributed by atoms with Crippen molar-refractivity contribution in [3.63, 3.8) is 0 Å². The summed E-state index contributed by atoms with van der Waals surface area (Å²) in [5.74, 6) is 2.69. The summed E-state index contributed by atoms with van der Waals surface area (Å²) in [7, 11) is 1.86. The van der Waals surface area contributed by atoms with Crippen LogP contribution in [0.1, 0.15) is 17.2 Å². The van der Waals surface area contributed by atoms with E-state index in [1.807, 2.05) is 19.2 Å². The molecule has 0 amide bonds. The van der Waals surface area contributed by atoms with Crippen LogP contribution in [0.5, 0.6) is 0 Å². The fraction of sp³-hybridized carbons (Fsp3) is 0.273. The number of nitrogens with one attached hydrogen (secondary N) is 1. The van der Waals surface area contributed by atoms with E-state index in [1.54, 1.807) is 0 Å². The van der Waals surface area contributed by atoms with E-state index in [4.69, 9.17) is 6.42 Å². The van der Waals surface area contributed by atoms with E-state index in [-0.39, 0.29) is 6.04 Å². The third-order valence-corrected chi connectivity index (χ3v) is 2.86. The maximum Gasteiger partial charge on any atom is 0.0940 e. The summed E-state index contributed by atoms with van der Waals surface area (Å²) in [6.07, 6.45) is 5.38. The molecule has 0 aromatic heterocycles. The molecule has 1 rings (SSSR count). The summed E-state index contributed by atoms with van der Waals surface area (Å²) in [6, 6.07) is 6.14. The zero-order chi connectivity index (χ0) is 9.84. The average molecular weight is 238 g/mol. The van der Waals surface area contributed by atoms with Gasteiger partial charge in [-0.1, -0.05) is 34.0 Å². The number of aryl methyl sites for hydroxylation is 1. The molecule has 1 N–H and O–H groups in total. The first kappa shape index (κ1) is 10.3. The molecule has 0 heterocycles. The zero-order valence-electron chi connectivity index (χ0n) is 7.76. The minimum Gasteiger partial charge on any atom is -0.303 e. The van der Waals surface area contributed by atoms with E-state index in [0.717, 1.165) is 10.0 Å². The fourth-order valence-corrected chi connectivity index (χ4v) is 1.44. The molecule has 0 radical (unpaired) electrons. The van der Waals surface area contributed by atoms with Crippen molar-refractivity contribution in [1.82, 2.24) is 5.32 Å². The van der Waals surface area contributed by atoms with Gasteiger partial charge in [-0.05, 0) is 31.2 Å². The van der Waals surface area contributed by atoms with Gasteiger partial charge in [-0.3, -0.25) is 0 Å². The summed E-state index contributed by atoms with van der Waals surface area (Å²) in [4.78, 5) is 0. The molecule has 2 heteroatoms. The molecule has 0 aliphatic carbocycles. The van der Waals surface area contributed by atoms with Crippen molar-refractivity contribution in [2.75, 3.05) is 7.05 Å². The van der Waals surface area contributed by atoms with Crippen LogP contribution in [-0.4, -0.2) is 7.05 Å². The Hall–Kier alpha value is -0.780. The van der Waals surface area contributed by atoms with Crippen LogP contribution in [0.15, 0.2) is 22.7 Å². The first-order chi connectivity index (χ1) is 6.19. The Bertz CT molecular complexity index is 338. The molecule has 0 saturated carbocycles. The van der Waals surface area contributed by atoms with Gasteiger partial charge in [-0.15, -0.1) is 6.42 Å². The Morgan fingerprint density at radius 1 is 1.54 bits per heavy atom. The Kier molecular flexibility index (Phi) is 3.53. The van der Waals surface area contributed by atoms with Gasteiger partial charge < -0.3 is 5.32 Å². The summed E-state index contributed by atoms with van der Waals surface area (Å²) in [5, 5.41) is 3.06. The third kappa shape index (κ3) is 2.33. The van der Waals surface area contributed by atoms with Gasteiger partial charge in [0.05, 0.1) is 6.04 Å². The van der Waals surface area contributed by atoms with Crippen molar-refractivity contribution in [1.29, 1.82) is 0 Å². The molecule has 1 unspecified atom stereocenters. The van der Waals surface area contributed by atoms with E-state index < -0.39 is 0 Å². The van der Waals surface area contributed by atoms with Crippen molar-refractivity contribution >= 4 is 15.9 Å². The van der Waals surface area contributed by atoms with Crippen LogP contribution in [0.3, 0.4) is 0 Å². The number of hydrogen-bond donors (Lipinski definition) is 1. The van der Waals surface area contributed by atoms with E-state index in [0.29, 0.717) is 0 Å². The standard InChI is InChI=1S/C11H12BrN/c1-4-11(13-3)9-5-6-10(12)8(2)7-9/h1,5-7,11,13H,2-3H3. The Labute approximate surface area is 87.7 Å². The molecule has 1 atom stereocenters. The number of terminal acetylenes is 1. The van der Waals surface area contributed by atoms with E-state index >= 15 is 0 Å². The van der Waals surface area contributed by atoms with Gasteiger partial charge in [-0.2, -0.15) is 0 Å². The molecule has 1 aromatic carbocycles. The van der Waals surface area contributed by atoms with E-state index in [2.05, 4.69) is 40.2 Å². The summed E-state index contributed by atoms with van der Waals surface area (Å²) in [6.45, 7) is 2.05. The topological polar surface area (TPSA) is 12.0 Å². The van der Waals surface area contributed by atoms with E-state index in [1.165, 1.54) is 5.56 Å². The predicted octanol–water partition coefficient (Wildman–Crippen LogP) is 2.65. The van der Waals surface area contributed by atoms with Crippen LogP contribution in [0, 0.1) is 19.3 Å². The molecule has 13 heavy (non-hydrogen) atoms. The first-order valence-electron chi connectivity index (χ1n) is 4.08. The lowest BCUT2D eigenvalue weighted by atomic mass is 10.1. The van der Waals surface area contributed by atoms with Gasteiger partial charge in [-0.25, -0.2) is 0 Å². The molecule has 0 bridgehead atoms. The lowest BCUT2D eigenvalue weighted by Crippen LogP contribution is -2.14. The largest absolute Gasteiger partial charge is 0.303 e. The first-order valence-corrected chi connectivity index (χ1v) is 4.87. The Morgan fingerprint density at radius 3 is 2.69 bits per heavy atom. The third-order valence-electron chi connectivity index (χ3n) is 1.97. The van der Waals surface area contributed by atoms with Crippen LogP contribution >= 0.6 is 15.9 Å². The lowest BCUT2D eigenvalue weighted by molar-refractivity contribution is 0.736. The van der Waals surface area contributed by atoms with Crippen molar-refractivity contribution in [3.8, 4) is 12.3 Å². The van der Waals surface area contributed by atoms with Crippen molar-refractivity contribution in [2.45, 2.75) is 13.0 Å². The normalized spacial score (nSPS) is 12.2. The minimum absolute atomic E-state index is 0.00630. The van der Waals surface area contributed by atoms with Gasteiger partial charge in [0.15, 0.2) is 0 Å². The second-order valence-corrected chi connectivity index (χ2v) is 3.75. The van der Waals surface area contributed by atoms with Crippen molar-refractivity contribution < 1.29 is 0 Å². The molecule has 0 aliphatic heterocycles. The number of halogens is 1. The molecule has 0 aliphatic rings. The van der Waals surface area contributed by atoms with Crippen LogP contribution < -0.4 is 5.32 Å². The molecule has 1 aromatic rings. The Morgan fingerprint density at radius 2 is 2.23 bits per heavy atom. The van der Waals surface area contributed by atoms with Gasteiger partial charge in [0.1, 0.15) is 0 Å². The molecular formula is C11H12BrN. The molecule has 0 saturated heterocycles. The highest BCUT2D eigenvalue weighted by Crippen LogP contribution is 2.20. The maximum absolute atomic E-state index is 5.38. The Balaban J connectivity index is 3.04. The lowest BCUT2D eigenvalue weighted by Gasteiger charge is -2.10. The number of benzene rings is 1. The monoisotopic (exact) mass is 237 g/mol. The summed E-state index contributed by atoms with van der Waals surface area (Å²) in [5.41, 5.74) is 2.33. The van der Waals surface area contributed by atoms with Gasteiger partial charge >= 0.3 is 0 Å². The van der Waals surface area contributed by atoms with Gasteiger partial charge in [0.25, 0.3) is 0 Å².